The molecule has 0 unspecified atom stereocenters. The summed E-state index contributed by atoms with van der Waals surface area (Å²) in [6.07, 6.45) is 0. The van der Waals surface area contributed by atoms with Gasteiger partial charge >= 0.3 is 0 Å². The zero-order chi connectivity index (χ0) is 19.4. The van der Waals surface area contributed by atoms with Crippen LogP contribution in [-0.4, -0.2) is 52.6 Å². The van der Waals surface area contributed by atoms with Crippen molar-refractivity contribution in [2.24, 2.45) is 0 Å². The maximum atomic E-state index is 12.6. The summed E-state index contributed by atoms with van der Waals surface area (Å²) in [5, 5.41) is 0.744. The lowest BCUT2D eigenvalue weighted by Gasteiger charge is -2.36. The third-order valence-corrected chi connectivity index (χ3v) is 6.77. The molecule has 5 nitrogen and oxygen atoms in total. The molecule has 7 heteroatoms. The number of halogens is 1. The maximum Gasteiger partial charge on any atom is 0.240 e. The highest BCUT2D eigenvalue weighted by Gasteiger charge is 2.19. The van der Waals surface area contributed by atoms with Gasteiger partial charge in [-0.05, 0) is 55.3 Å². The third kappa shape index (κ3) is 5.23. The Hall–Kier alpha value is -1.60. The number of benzene rings is 2. The Balaban J connectivity index is 1.49. The number of anilines is 1. The van der Waals surface area contributed by atoms with Crippen molar-refractivity contribution in [1.82, 2.24) is 9.62 Å². The molecule has 1 saturated heterocycles. The Morgan fingerprint density at radius 2 is 1.67 bits per heavy atom. The van der Waals surface area contributed by atoms with Crippen LogP contribution in [0.25, 0.3) is 0 Å². The highest BCUT2D eigenvalue weighted by atomic mass is 35.5. The maximum absolute atomic E-state index is 12.6. The summed E-state index contributed by atoms with van der Waals surface area (Å²) in [6, 6.07) is 13.4. The Morgan fingerprint density at radius 1 is 1.00 bits per heavy atom. The predicted molar refractivity (Wildman–Crippen MR) is 111 cm³/mol. The predicted octanol–water partition coefficient (Wildman–Crippen LogP) is 3.06. The molecule has 0 amide bonds. The van der Waals surface area contributed by atoms with Gasteiger partial charge in [-0.2, -0.15) is 0 Å². The number of sulfonamides is 1. The van der Waals surface area contributed by atoms with Gasteiger partial charge in [0.15, 0.2) is 0 Å². The van der Waals surface area contributed by atoms with E-state index in [2.05, 4.69) is 14.5 Å². The van der Waals surface area contributed by atoms with Gasteiger partial charge in [-0.25, -0.2) is 13.1 Å². The molecule has 27 heavy (non-hydrogen) atoms. The molecule has 1 aliphatic rings. The first-order valence-electron chi connectivity index (χ1n) is 9.15. The topological polar surface area (TPSA) is 52.7 Å². The lowest BCUT2D eigenvalue weighted by molar-refractivity contribution is 0.262. The molecular weight excluding hydrogens is 382 g/mol. The lowest BCUT2D eigenvalue weighted by Crippen LogP contribution is -2.48. The van der Waals surface area contributed by atoms with Crippen molar-refractivity contribution >= 4 is 27.3 Å². The second kappa shape index (κ2) is 8.61. The van der Waals surface area contributed by atoms with Gasteiger partial charge in [-0.1, -0.05) is 23.7 Å². The van der Waals surface area contributed by atoms with Crippen LogP contribution in [0.5, 0.6) is 0 Å². The van der Waals surface area contributed by atoms with Gasteiger partial charge in [-0.15, -0.1) is 0 Å². The van der Waals surface area contributed by atoms with Crippen molar-refractivity contribution in [2.45, 2.75) is 18.7 Å². The average Bonchev–Trinajstić information content (AvgIpc) is 2.65. The number of rotatable bonds is 6. The molecule has 1 N–H and O–H groups in total. The van der Waals surface area contributed by atoms with Crippen LogP contribution < -0.4 is 9.62 Å². The molecule has 0 spiro atoms. The van der Waals surface area contributed by atoms with Crippen LogP contribution in [0.4, 0.5) is 5.69 Å². The Kier molecular flexibility index (Phi) is 6.42. The molecule has 1 aliphatic heterocycles. The highest BCUT2D eigenvalue weighted by molar-refractivity contribution is 7.89. The minimum Gasteiger partial charge on any atom is -0.369 e. The first kappa shape index (κ1) is 20.1. The minimum absolute atomic E-state index is 0.370. The van der Waals surface area contributed by atoms with E-state index in [9.17, 15) is 8.42 Å². The quantitative estimate of drug-likeness (QED) is 0.799. The van der Waals surface area contributed by atoms with Crippen molar-refractivity contribution in [2.75, 3.05) is 44.2 Å². The van der Waals surface area contributed by atoms with Crippen molar-refractivity contribution in [3.63, 3.8) is 0 Å². The monoisotopic (exact) mass is 407 g/mol. The summed E-state index contributed by atoms with van der Waals surface area (Å²) in [5.74, 6) is 0. The number of nitrogens with one attached hydrogen (secondary N) is 1. The fourth-order valence-electron chi connectivity index (χ4n) is 3.29. The van der Waals surface area contributed by atoms with Crippen LogP contribution in [0.2, 0.25) is 5.02 Å². The summed E-state index contributed by atoms with van der Waals surface area (Å²) in [5.41, 5.74) is 2.89. The average molecular weight is 408 g/mol. The molecule has 0 aliphatic carbocycles. The molecule has 1 heterocycles. The van der Waals surface area contributed by atoms with E-state index in [4.69, 9.17) is 11.6 Å². The molecule has 0 radical (unpaired) electrons. The Labute approximate surface area is 167 Å². The normalized spacial score (nSPS) is 15.9. The lowest BCUT2D eigenvalue weighted by atomic mass is 10.2. The molecule has 0 saturated carbocycles. The van der Waals surface area contributed by atoms with Crippen molar-refractivity contribution in [3.05, 3.63) is 58.6 Å². The van der Waals surface area contributed by atoms with Gasteiger partial charge in [0.1, 0.15) is 0 Å². The molecule has 0 aromatic heterocycles. The second-order valence-electron chi connectivity index (χ2n) is 6.97. The van der Waals surface area contributed by atoms with E-state index in [1.54, 1.807) is 6.07 Å². The summed E-state index contributed by atoms with van der Waals surface area (Å²) >= 11 is 5.95. The molecular formula is C20H26ClN3O2S. The van der Waals surface area contributed by atoms with Crippen LogP contribution in [0, 0.1) is 13.8 Å². The van der Waals surface area contributed by atoms with E-state index >= 15 is 0 Å². The van der Waals surface area contributed by atoms with Crippen molar-refractivity contribution in [3.8, 4) is 0 Å². The fraction of sp³-hybridized carbons (Fsp3) is 0.400. The second-order valence-corrected chi connectivity index (χ2v) is 9.14. The Bertz CT molecular complexity index is 877. The molecule has 3 rings (SSSR count). The molecule has 2 aromatic carbocycles. The highest BCUT2D eigenvalue weighted by Crippen LogP contribution is 2.19. The van der Waals surface area contributed by atoms with E-state index in [0.717, 1.165) is 42.3 Å². The number of nitrogens with zero attached hydrogens (tertiary/aromatic N) is 2. The van der Waals surface area contributed by atoms with Crippen molar-refractivity contribution < 1.29 is 8.42 Å². The smallest absolute Gasteiger partial charge is 0.240 e. The molecule has 146 valence electrons. The largest absolute Gasteiger partial charge is 0.369 e. The number of hydrogen-bond acceptors (Lipinski definition) is 4. The van der Waals surface area contributed by atoms with Crippen LogP contribution in [0.1, 0.15) is 11.1 Å². The van der Waals surface area contributed by atoms with E-state index < -0.39 is 10.0 Å². The fourth-order valence-corrected chi connectivity index (χ4v) is 4.77. The van der Waals surface area contributed by atoms with Gasteiger partial charge in [0, 0.05) is 50.0 Å². The third-order valence-electron chi connectivity index (χ3n) is 4.92. The molecule has 1 fully saturated rings. The van der Waals surface area contributed by atoms with Crippen molar-refractivity contribution in [1.29, 1.82) is 0 Å². The van der Waals surface area contributed by atoms with E-state index in [-0.39, 0.29) is 0 Å². The van der Waals surface area contributed by atoms with Crippen LogP contribution in [0.15, 0.2) is 47.4 Å². The van der Waals surface area contributed by atoms with Gasteiger partial charge < -0.3 is 4.90 Å². The summed E-state index contributed by atoms with van der Waals surface area (Å²) < 4.78 is 27.9. The van der Waals surface area contributed by atoms with Gasteiger partial charge in [0.25, 0.3) is 0 Å². The Morgan fingerprint density at radius 3 is 2.33 bits per heavy atom. The minimum atomic E-state index is -3.47. The zero-order valence-corrected chi connectivity index (χ0v) is 17.4. The number of piperazine rings is 1. The first-order chi connectivity index (χ1) is 12.8. The molecule has 2 aromatic rings. The SMILES string of the molecule is Cc1ccc(C)c(S(=O)(=O)NCCN2CCN(c3ccc(Cl)cc3)CC2)c1. The van der Waals surface area contributed by atoms with Crippen LogP contribution in [0.3, 0.4) is 0 Å². The van der Waals surface area contributed by atoms with E-state index in [0.29, 0.717) is 18.0 Å². The van der Waals surface area contributed by atoms with Gasteiger partial charge in [0.05, 0.1) is 4.90 Å². The number of hydrogen-bond donors (Lipinski definition) is 1. The van der Waals surface area contributed by atoms with Crippen LogP contribution in [-0.2, 0) is 10.0 Å². The van der Waals surface area contributed by atoms with Crippen LogP contribution >= 0.6 is 11.6 Å². The van der Waals surface area contributed by atoms with E-state index in [1.165, 1.54) is 5.69 Å². The summed E-state index contributed by atoms with van der Waals surface area (Å²) in [7, 11) is -3.47. The van der Waals surface area contributed by atoms with Gasteiger partial charge in [-0.3, -0.25) is 4.90 Å². The van der Waals surface area contributed by atoms with E-state index in [1.807, 2.05) is 50.2 Å². The molecule has 0 bridgehead atoms. The first-order valence-corrected chi connectivity index (χ1v) is 11.0. The zero-order valence-electron chi connectivity index (χ0n) is 15.8. The van der Waals surface area contributed by atoms with Gasteiger partial charge in [0.2, 0.25) is 10.0 Å². The number of aryl methyl sites for hydroxylation is 2. The standard InChI is InChI=1S/C20H26ClN3O2S/c1-16-3-4-17(2)20(15-16)27(25,26)22-9-10-23-11-13-24(14-12-23)19-7-5-18(21)6-8-19/h3-8,15,22H,9-14H2,1-2H3. The molecule has 0 atom stereocenters. The summed E-state index contributed by atoms with van der Waals surface area (Å²) in [4.78, 5) is 4.99. The summed E-state index contributed by atoms with van der Waals surface area (Å²) in [6.45, 7) is 8.51.